The Kier molecular flexibility index (Phi) is 5.29. The van der Waals surface area contributed by atoms with Crippen LogP contribution in [-0.2, 0) is 0 Å². The summed E-state index contributed by atoms with van der Waals surface area (Å²) in [7, 11) is 2.21. The first kappa shape index (κ1) is 12.7. The van der Waals surface area contributed by atoms with Crippen molar-refractivity contribution in [2.24, 2.45) is 5.73 Å². The lowest BCUT2D eigenvalue weighted by molar-refractivity contribution is 0.197. The summed E-state index contributed by atoms with van der Waals surface area (Å²) in [5, 5.41) is 0. The standard InChI is InChI=1S/C12H25N3/c1-4-12-10-14(3)6-5-7-15(12)9-11(2)8-13/h12H,2,4-10,13H2,1,3H3. The topological polar surface area (TPSA) is 32.5 Å². The predicted molar refractivity (Wildman–Crippen MR) is 66.0 cm³/mol. The Morgan fingerprint density at radius 1 is 1.47 bits per heavy atom. The van der Waals surface area contributed by atoms with Gasteiger partial charge in [0, 0.05) is 32.2 Å². The van der Waals surface area contributed by atoms with Gasteiger partial charge in [-0.1, -0.05) is 13.5 Å². The normalized spacial score (nSPS) is 25.1. The number of rotatable bonds is 4. The molecule has 1 saturated heterocycles. The average molecular weight is 211 g/mol. The van der Waals surface area contributed by atoms with E-state index in [0.29, 0.717) is 12.6 Å². The van der Waals surface area contributed by atoms with E-state index in [1.54, 1.807) is 0 Å². The Morgan fingerprint density at radius 3 is 2.80 bits per heavy atom. The van der Waals surface area contributed by atoms with Crippen molar-refractivity contribution in [3.05, 3.63) is 12.2 Å². The summed E-state index contributed by atoms with van der Waals surface area (Å²) in [6.07, 6.45) is 2.47. The van der Waals surface area contributed by atoms with Crippen LogP contribution < -0.4 is 5.73 Å². The SMILES string of the molecule is C=C(CN)CN1CCCN(C)CC1CC. The Balaban J connectivity index is 2.54. The van der Waals surface area contributed by atoms with E-state index in [0.717, 1.165) is 12.1 Å². The second-order valence-electron chi connectivity index (χ2n) is 4.60. The van der Waals surface area contributed by atoms with Crippen molar-refractivity contribution >= 4 is 0 Å². The van der Waals surface area contributed by atoms with Gasteiger partial charge in [-0.05, 0) is 32.0 Å². The van der Waals surface area contributed by atoms with Crippen molar-refractivity contribution in [3.63, 3.8) is 0 Å². The van der Waals surface area contributed by atoms with Crippen LogP contribution in [0.1, 0.15) is 19.8 Å². The second-order valence-corrected chi connectivity index (χ2v) is 4.60. The Bertz CT molecular complexity index is 203. The maximum Gasteiger partial charge on any atom is 0.0223 e. The van der Waals surface area contributed by atoms with Crippen LogP contribution in [-0.4, -0.2) is 55.6 Å². The van der Waals surface area contributed by atoms with Crippen molar-refractivity contribution in [2.75, 3.05) is 39.8 Å². The van der Waals surface area contributed by atoms with E-state index in [2.05, 4.69) is 30.4 Å². The fourth-order valence-corrected chi connectivity index (χ4v) is 2.24. The fourth-order valence-electron chi connectivity index (χ4n) is 2.24. The minimum Gasteiger partial charge on any atom is -0.327 e. The molecule has 3 heteroatoms. The smallest absolute Gasteiger partial charge is 0.0223 e. The Hall–Kier alpha value is -0.380. The zero-order valence-corrected chi connectivity index (χ0v) is 10.2. The summed E-state index contributed by atoms with van der Waals surface area (Å²) in [6.45, 7) is 11.4. The number of nitrogens with two attached hydrogens (primary N) is 1. The van der Waals surface area contributed by atoms with Gasteiger partial charge in [0.1, 0.15) is 0 Å². The molecule has 0 aromatic rings. The molecule has 0 aliphatic carbocycles. The summed E-state index contributed by atoms with van der Waals surface area (Å²) in [5.74, 6) is 0. The molecule has 1 atom stereocenters. The van der Waals surface area contributed by atoms with E-state index in [1.165, 1.54) is 32.5 Å². The highest BCUT2D eigenvalue weighted by molar-refractivity contribution is 5.00. The first-order valence-electron chi connectivity index (χ1n) is 5.96. The largest absolute Gasteiger partial charge is 0.327 e. The van der Waals surface area contributed by atoms with Crippen molar-refractivity contribution < 1.29 is 0 Å². The highest BCUT2D eigenvalue weighted by Crippen LogP contribution is 2.12. The van der Waals surface area contributed by atoms with Crippen LogP contribution >= 0.6 is 0 Å². The molecule has 0 aromatic heterocycles. The molecule has 1 rings (SSSR count). The van der Waals surface area contributed by atoms with Crippen LogP contribution in [0.3, 0.4) is 0 Å². The summed E-state index contributed by atoms with van der Waals surface area (Å²) < 4.78 is 0. The van der Waals surface area contributed by atoms with Gasteiger partial charge in [0.2, 0.25) is 0 Å². The molecule has 1 aliphatic rings. The molecule has 0 bridgehead atoms. The van der Waals surface area contributed by atoms with E-state index in [4.69, 9.17) is 5.73 Å². The van der Waals surface area contributed by atoms with Crippen molar-refractivity contribution in [1.29, 1.82) is 0 Å². The lowest BCUT2D eigenvalue weighted by atomic mass is 10.1. The van der Waals surface area contributed by atoms with Crippen molar-refractivity contribution in [3.8, 4) is 0 Å². The molecular formula is C12H25N3. The van der Waals surface area contributed by atoms with Crippen LogP contribution in [0.4, 0.5) is 0 Å². The Labute approximate surface area is 93.9 Å². The van der Waals surface area contributed by atoms with E-state index >= 15 is 0 Å². The van der Waals surface area contributed by atoms with E-state index in [-0.39, 0.29) is 0 Å². The van der Waals surface area contributed by atoms with Crippen LogP contribution in [0, 0.1) is 0 Å². The van der Waals surface area contributed by atoms with Gasteiger partial charge in [0.05, 0.1) is 0 Å². The van der Waals surface area contributed by atoms with E-state index in [9.17, 15) is 0 Å². The third-order valence-corrected chi connectivity index (χ3v) is 3.21. The number of hydrogen-bond donors (Lipinski definition) is 1. The minimum absolute atomic E-state index is 0.614. The summed E-state index contributed by atoms with van der Waals surface area (Å²) in [5.41, 5.74) is 6.76. The predicted octanol–water partition coefficient (Wildman–Crippen LogP) is 0.917. The third kappa shape index (κ3) is 3.93. The van der Waals surface area contributed by atoms with Gasteiger partial charge in [0.25, 0.3) is 0 Å². The summed E-state index contributed by atoms with van der Waals surface area (Å²) in [6, 6.07) is 0.667. The molecule has 0 amide bonds. The molecule has 3 nitrogen and oxygen atoms in total. The zero-order chi connectivity index (χ0) is 11.3. The molecule has 0 spiro atoms. The molecule has 1 unspecified atom stereocenters. The quantitative estimate of drug-likeness (QED) is 0.702. The maximum atomic E-state index is 5.61. The van der Waals surface area contributed by atoms with Crippen LogP contribution in [0.25, 0.3) is 0 Å². The highest BCUT2D eigenvalue weighted by atomic mass is 15.2. The van der Waals surface area contributed by atoms with Crippen LogP contribution in [0.15, 0.2) is 12.2 Å². The number of likely N-dealkylation sites (N-methyl/N-ethyl adjacent to an activating group) is 1. The molecule has 0 radical (unpaired) electrons. The van der Waals surface area contributed by atoms with Crippen LogP contribution in [0.5, 0.6) is 0 Å². The van der Waals surface area contributed by atoms with Gasteiger partial charge in [0.15, 0.2) is 0 Å². The van der Waals surface area contributed by atoms with Gasteiger partial charge >= 0.3 is 0 Å². The molecule has 1 aliphatic heterocycles. The van der Waals surface area contributed by atoms with Crippen molar-refractivity contribution in [1.82, 2.24) is 9.80 Å². The zero-order valence-electron chi connectivity index (χ0n) is 10.2. The molecule has 1 heterocycles. The number of hydrogen-bond acceptors (Lipinski definition) is 3. The maximum absolute atomic E-state index is 5.61. The fraction of sp³-hybridized carbons (Fsp3) is 0.833. The molecular weight excluding hydrogens is 186 g/mol. The molecule has 1 fully saturated rings. The summed E-state index contributed by atoms with van der Waals surface area (Å²) >= 11 is 0. The molecule has 2 N–H and O–H groups in total. The van der Waals surface area contributed by atoms with E-state index in [1.807, 2.05) is 0 Å². The lowest BCUT2D eigenvalue weighted by Crippen LogP contribution is -2.41. The van der Waals surface area contributed by atoms with Gasteiger partial charge in [-0.25, -0.2) is 0 Å². The second kappa shape index (κ2) is 6.26. The minimum atomic E-state index is 0.614. The first-order chi connectivity index (χ1) is 7.17. The molecule has 15 heavy (non-hydrogen) atoms. The highest BCUT2D eigenvalue weighted by Gasteiger charge is 2.21. The van der Waals surface area contributed by atoms with Gasteiger partial charge < -0.3 is 10.6 Å². The van der Waals surface area contributed by atoms with Gasteiger partial charge in [-0.15, -0.1) is 0 Å². The van der Waals surface area contributed by atoms with Gasteiger partial charge in [-0.2, -0.15) is 0 Å². The number of nitrogens with zero attached hydrogens (tertiary/aromatic N) is 2. The molecule has 0 aromatic carbocycles. The summed E-state index contributed by atoms with van der Waals surface area (Å²) in [4.78, 5) is 4.97. The third-order valence-electron chi connectivity index (χ3n) is 3.21. The molecule has 88 valence electrons. The Morgan fingerprint density at radius 2 is 2.20 bits per heavy atom. The average Bonchev–Trinajstić information content (AvgIpc) is 2.40. The first-order valence-corrected chi connectivity index (χ1v) is 5.96. The molecule has 0 saturated carbocycles. The van der Waals surface area contributed by atoms with Gasteiger partial charge in [-0.3, -0.25) is 4.90 Å². The van der Waals surface area contributed by atoms with Crippen molar-refractivity contribution in [2.45, 2.75) is 25.8 Å². The van der Waals surface area contributed by atoms with Crippen LogP contribution in [0.2, 0.25) is 0 Å². The lowest BCUT2D eigenvalue weighted by Gasteiger charge is -2.30. The monoisotopic (exact) mass is 211 g/mol. The van der Waals surface area contributed by atoms with E-state index < -0.39 is 0 Å².